The molecule has 8 heteroatoms. The number of hydrogen-bond acceptors (Lipinski definition) is 5. The quantitative estimate of drug-likeness (QED) is 0.202. The highest BCUT2D eigenvalue weighted by Crippen LogP contribution is 2.34. The monoisotopic (exact) mass is 546 g/mol. The summed E-state index contributed by atoms with van der Waals surface area (Å²) in [5, 5.41) is 29.4. The lowest BCUT2D eigenvalue weighted by molar-refractivity contribution is 0.0706. The minimum atomic E-state index is -0.627. The van der Waals surface area contributed by atoms with E-state index in [2.05, 4.69) is 22.6 Å². The van der Waals surface area contributed by atoms with Crippen LogP contribution in [0.3, 0.4) is 0 Å². The van der Waals surface area contributed by atoms with Crippen molar-refractivity contribution in [2.45, 2.75) is 26.3 Å². The van der Waals surface area contributed by atoms with Gasteiger partial charge in [-0.15, -0.1) is 0 Å². The van der Waals surface area contributed by atoms with Crippen molar-refractivity contribution < 1.29 is 25.0 Å². The number of hydrogen-bond donors (Lipinski definition) is 4. The van der Waals surface area contributed by atoms with E-state index in [9.17, 15) is 19.8 Å². The lowest BCUT2D eigenvalue weighted by atomic mass is 9.98. The molecule has 0 unspecified atom stereocenters. The van der Waals surface area contributed by atoms with E-state index in [1.165, 1.54) is 17.0 Å². The fourth-order valence-corrected chi connectivity index (χ4v) is 3.64. The van der Waals surface area contributed by atoms with Crippen LogP contribution in [0.5, 0.6) is 11.5 Å². The summed E-state index contributed by atoms with van der Waals surface area (Å²) < 4.78 is 1.01. The highest BCUT2D eigenvalue weighted by Gasteiger charge is 2.24. The summed E-state index contributed by atoms with van der Waals surface area (Å²) >= 11 is 2.18. The number of carbonyl (C=O) groups is 2. The van der Waals surface area contributed by atoms with Gasteiger partial charge >= 0.3 is 0 Å². The Kier molecular flexibility index (Phi) is 7.37. The molecule has 3 aromatic carbocycles. The van der Waals surface area contributed by atoms with Crippen molar-refractivity contribution in [3.8, 4) is 11.5 Å². The third kappa shape index (κ3) is 5.20. The summed E-state index contributed by atoms with van der Waals surface area (Å²) in [6.45, 7) is 3.96. The van der Waals surface area contributed by atoms with E-state index >= 15 is 0 Å². The average Bonchev–Trinajstić information content (AvgIpc) is 2.77. The maximum Gasteiger partial charge on any atom is 0.274 e. The van der Waals surface area contributed by atoms with Crippen molar-refractivity contribution in [3.63, 3.8) is 0 Å². The number of anilines is 1. The Labute approximate surface area is 199 Å². The van der Waals surface area contributed by atoms with Gasteiger partial charge in [-0.3, -0.25) is 14.8 Å². The van der Waals surface area contributed by atoms with Crippen molar-refractivity contribution in [1.82, 2.24) is 5.48 Å². The van der Waals surface area contributed by atoms with Gasteiger partial charge < -0.3 is 15.1 Å². The minimum Gasteiger partial charge on any atom is -0.508 e. The number of carbonyl (C=O) groups excluding carboxylic acids is 2. The molecule has 0 saturated carbocycles. The number of hydroxylamine groups is 1. The molecule has 4 N–H and O–H groups in total. The molecule has 166 valence electrons. The molecular formula is C24H23IN2O5. The Morgan fingerprint density at radius 2 is 1.59 bits per heavy atom. The lowest BCUT2D eigenvalue weighted by Gasteiger charge is -2.24. The summed E-state index contributed by atoms with van der Waals surface area (Å²) in [5.74, 6) is -1.46. The van der Waals surface area contributed by atoms with Crippen LogP contribution in [0, 0.1) is 3.57 Å². The van der Waals surface area contributed by atoms with E-state index in [4.69, 9.17) is 5.21 Å². The third-order valence-electron chi connectivity index (χ3n) is 5.04. The van der Waals surface area contributed by atoms with E-state index in [0.717, 1.165) is 9.13 Å². The highest BCUT2D eigenvalue weighted by molar-refractivity contribution is 14.1. The Morgan fingerprint density at radius 1 is 0.969 bits per heavy atom. The molecule has 0 bridgehead atoms. The van der Waals surface area contributed by atoms with Gasteiger partial charge in [0.05, 0.1) is 12.1 Å². The molecular weight excluding hydrogens is 523 g/mol. The second kappa shape index (κ2) is 10.0. The van der Waals surface area contributed by atoms with E-state index in [-0.39, 0.29) is 35.1 Å². The number of nitrogens with zero attached hydrogens (tertiary/aromatic N) is 1. The van der Waals surface area contributed by atoms with E-state index in [1.807, 2.05) is 38.1 Å². The number of halogens is 1. The van der Waals surface area contributed by atoms with Crippen LogP contribution in [0.25, 0.3) is 0 Å². The average molecular weight is 546 g/mol. The summed E-state index contributed by atoms with van der Waals surface area (Å²) in [6.07, 6.45) is 0. The second-order valence-corrected chi connectivity index (χ2v) is 8.83. The minimum absolute atomic E-state index is 0.0425. The zero-order chi connectivity index (χ0) is 23.4. The number of benzene rings is 3. The zero-order valence-electron chi connectivity index (χ0n) is 17.5. The van der Waals surface area contributed by atoms with E-state index < -0.39 is 11.8 Å². The zero-order valence-corrected chi connectivity index (χ0v) is 19.7. The number of amides is 2. The van der Waals surface area contributed by atoms with Gasteiger partial charge in [0, 0.05) is 20.9 Å². The molecule has 0 fully saturated rings. The highest BCUT2D eigenvalue weighted by atomic mass is 127. The van der Waals surface area contributed by atoms with Crippen LogP contribution >= 0.6 is 22.6 Å². The summed E-state index contributed by atoms with van der Waals surface area (Å²) in [5.41, 5.74) is 3.89. The van der Waals surface area contributed by atoms with Crippen LogP contribution in [0.4, 0.5) is 5.69 Å². The first-order valence-corrected chi connectivity index (χ1v) is 11.0. The van der Waals surface area contributed by atoms with Crippen LogP contribution in [0.15, 0.2) is 60.7 Å². The Morgan fingerprint density at radius 3 is 2.16 bits per heavy atom. The number of phenolic OH excluding ortho intramolecular Hbond substituents is 2. The first kappa shape index (κ1) is 23.6. The molecule has 0 radical (unpaired) electrons. The number of nitrogens with one attached hydrogen (secondary N) is 1. The maximum absolute atomic E-state index is 13.5. The van der Waals surface area contributed by atoms with Gasteiger partial charge in [-0.1, -0.05) is 26.0 Å². The van der Waals surface area contributed by atoms with Crippen molar-refractivity contribution >= 4 is 40.1 Å². The van der Waals surface area contributed by atoms with Crippen molar-refractivity contribution in [2.75, 3.05) is 4.90 Å². The van der Waals surface area contributed by atoms with Gasteiger partial charge in [0.1, 0.15) is 11.5 Å². The van der Waals surface area contributed by atoms with E-state index in [1.54, 1.807) is 29.7 Å². The molecule has 3 rings (SSSR count). The van der Waals surface area contributed by atoms with Crippen molar-refractivity contribution in [1.29, 1.82) is 0 Å². The fourth-order valence-electron chi connectivity index (χ4n) is 3.28. The normalized spacial score (nSPS) is 10.8. The summed E-state index contributed by atoms with van der Waals surface area (Å²) in [4.78, 5) is 26.6. The first-order valence-electron chi connectivity index (χ1n) is 9.88. The van der Waals surface area contributed by atoms with Crippen molar-refractivity contribution in [3.05, 3.63) is 86.5 Å². The van der Waals surface area contributed by atoms with Gasteiger partial charge in [0.15, 0.2) is 0 Å². The van der Waals surface area contributed by atoms with Gasteiger partial charge in [0.2, 0.25) is 0 Å². The molecule has 2 amide bonds. The largest absolute Gasteiger partial charge is 0.508 e. The molecule has 3 aromatic rings. The number of phenols is 2. The molecule has 0 spiro atoms. The lowest BCUT2D eigenvalue weighted by Crippen LogP contribution is -2.30. The number of aromatic hydroxyl groups is 2. The fraction of sp³-hybridized carbons (Fsp3) is 0.167. The SMILES string of the molecule is CC(C)c1cc(C(=O)N(Cc2ccc(C(=O)NO)cc2)c2ccc(I)cc2)c(O)cc1O. The molecule has 0 aromatic heterocycles. The molecule has 0 aliphatic heterocycles. The Bertz CT molecular complexity index is 1130. The predicted molar refractivity (Wildman–Crippen MR) is 129 cm³/mol. The standard InChI is InChI=1S/C24H23IN2O5/c1-14(2)19-11-20(22(29)12-21(19)28)24(31)27(18-9-7-17(25)8-10-18)13-15-3-5-16(6-4-15)23(30)26-32/h3-12,14,28-29,32H,13H2,1-2H3,(H,26,30). The molecule has 0 heterocycles. The van der Waals surface area contributed by atoms with Crippen LogP contribution in [-0.4, -0.2) is 27.2 Å². The second-order valence-electron chi connectivity index (χ2n) is 7.59. The van der Waals surface area contributed by atoms with Crippen LogP contribution in [0.1, 0.15) is 51.6 Å². The third-order valence-corrected chi connectivity index (χ3v) is 5.76. The first-order chi connectivity index (χ1) is 15.2. The maximum atomic E-state index is 13.5. The van der Waals surface area contributed by atoms with Gasteiger partial charge in [0.25, 0.3) is 11.8 Å². The molecule has 0 saturated heterocycles. The van der Waals surface area contributed by atoms with Crippen LogP contribution < -0.4 is 10.4 Å². The van der Waals surface area contributed by atoms with Crippen LogP contribution in [-0.2, 0) is 6.54 Å². The Hall–Kier alpha value is -3.11. The topological polar surface area (TPSA) is 110 Å². The predicted octanol–water partition coefficient (Wildman–Crippen LogP) is 4.79. The van der Waals surface area contributed by atoms with Gasteiger partial charge in [-0.05, 0) is 82.1 Å². The molecule has 7 nitrogen and oxygen atoms in total. The van der Waals surface area contributed by atoms with Gasteiger partial charge in [-0.25, -0.2) is 5.48 Å². The van der Waals surface area contributed by atoms with Crippen molar-refractivity contribution in [2.24, 2.45) is 0 Å². The molecule has 32 heavy (non-hydrogen) atoms. The van der Waals surface area contributed by atoms with Crippen LogP contribution in [0.2, 0.25) is 0 Å². The molecule has 0 aliphatic rings. The summed E-state index contributed by atoms with van der Waals surface area (Å²) in [6, 6.07) is 16.6. The Balaban J connectivity index is 2.02. The molecule has 0 aliphatic carbocycles. The smallest absolute Gasteiger partial charge is 0.274 e. The van der Waals surface area contributed by atoms with Gasteiger partial charge in [-0.2, -0.15) is 0 Å². The number of rotatable bonds is 6. The molecule has 0 atom stereocenters. The summed E-state index contributed by atoms with van der Waals surface area (Å²) in [7, 11) is 0. The van der Waals surface area contributed by atoms with E-state index in [0.29, 0.717) is 11.3 Å².